The van der Waals surface area contributed by atoms with Crippen LogP contribution in [-0.2, 0) is 71.8 Å². The maximum atomic E-state index is 12.5. The van der Waals surface area contributed by atoms with Crippen LogP contribution in [0.25, 0.3) is 10.8 Å². The Hall–Kier alpha value is -4.69. The van der Waals surface area contributed by atoms with E-state index in [1.54, 1.807) is 0 Å². The fraction of sp³-hybridized carbons (Fsp3) is 0.0741. The fourth-order valence-electron chi connectivity index (χ4n) is 4.75. The third-order valence-corrected chi connectivity index (χ3v) is 12.1. The zero-order chi connectivity index (χ0) is 42.3. The van der Waals surface area contributed by atoms with E-state index >= 15 is 0 Å². The van der Waals surface area contributed by atoms with Gasteiger partial charge in [-0.1, -0.05) is 6.07 Å². The van der Waals surface area contributed by atoms with E-state index in [4.69, 9.17) is 16.2 Å². The molecule has 0 amide bonds. The van der Waals surface area contributed by atoms with Gasteiger partial charge < -0.3 is 20.8 Å². The van der Waals surface area contributed by atoms with Gasteiger partial charge in [-0.25, -0.2) is 12.6 Å². The number of rotatable bonds is 14. The molecule has 1 heterocycles. The number of phenolic OH excluding ortho intramolecular Hbond substituents is 2. The molecule has 58 heavy (non-hydrogen) atoms. The molecule has 1 aromatic heterocycles. The van der Waals surface area contributed by atoms with Crippen molar-refractivity contribution in [1.82, 2.24) is 15.0 Å². The molecule has 0 saturated carbocycles. The molecule has 0 spiro atoms. The largest absolute Gasteiger partial charge is 0.506 e. The van der Waals surface area contributed by atoms with Crippen LogP contribution in [0.4, 0.5) is 34.6 Å². The standard InChI is InChI=1S/C27H22ClN7O17S5.Cu/c28-25-31-26(29-13-2-1-3-15(10-13)54(40,41)42)33-27(32-25)30-18-6-7-20(55(43,44)45)16-12-21(56(46,47)48)23(24(37)22(16)18)35-34-17-5-4-14(11-19(17)36)53(38,39)9-8-52-57(49,50)51;/h1-7,10-12,36-37H,8-9H2,(H,40,41,42)(H,43,44,45)(H,46,47,48)(H,49,50,51)(H2,29,30,31,32,33);. The zero-order valence-electron chi connectivity index (χ0n) is 27.8. The molecule has 0 unspecified atom stereocenters. The van der Waals surface area contributed by atoms with Crippen LogP contribution in [-0.4, -0.2) is 97.8 Å². The minimum Gasteiger partial charge on any atom is -0.506 e. The van der Waals surface area contributed by atoms with Crippen LogP contribution in [0, 0.1) is 0 Å². The minimum atomic E-state index is -5.43. The van der Waals surface area contributed by atoms with Crippen molar-refractivity contribution in [2.24, 2.45) is 10.2 Å². The summed E-state index contributed by atoms with van der Waals surface area (Å²) in [6, 6.07) is 9.29. The summed E-state index contributed by atoms with van der Waals surface area (Å²) in [6.45, 7) is -0.994. The monoisotopic (exact) mass is 974 g/mol. The van der Waals surface area contributed by atoms with Gasteiger partial charge in [0.15, 0.2) is 15.6 Å². The number of fused-ring (bicyclic) bond motifs is 1. The number of phenols is 2. The molecular formula is C27H22ClCuN7O17S5. The predicted octanol–water partition coefficient (Wildman–Crippen LogP) is 3.32. The summed E-state index contributed by atoms with van der Waals surface area (Å²) in [5, 5.41) is 32.5. The van der Waals surface area contributed by atoms with Crippen molar-refractivity contribution in [3.63, 3.8) is 0 Å². The second kappa shape index (κ2) is 16.9. The number of halogens is 1. The van der Waals surface area contributed by atoms with E-state index in [0.29, 0.717) is 12.1 Å². The van der Waals surface area contributed by atoms with E-state index in [1.165, 1.54) is 12.1 Å². The average molecular weight is 976 g/mol. The number of benzene rings is 4. The second-order valence-corrected chi connectivity index (χ2v) is 18.7. The van der Waals surface area contributed by atoms with E-state index in [0.717, 1.165) is 36.4 Å². The molecule has 4 aromatic carbocycles. The van der Waals surface area contributed by atoms with E-state index in [2.05, 4.69) is 40.0 Å². The van der Waals surface area contributed by atoms with Crippen LogP contribution in [0.2, 0.25) is 5.28 Å². The molecule has 24 nitrogen and oxygen atoms in total. The Kier molecular flexibility index (Phi) is 13.4. The van der Waals surface area contributed by atoms with Gasteiger partial charge in [-0.3, -0.25) is 18.2 Å². The fourth-order valence-corrected chi connectivity index (χ4v) is 8.27. The summed E-state index contributed by atoms with van der Waals surface area (Å²) in [4.78, 5) is 8.41. The third-order valence-electron chi connectivity index (χ3n) is 7.12. The van der Waals surface area contributed by atoms with Gasteiger partial charge in [0, 0.05) is 34.2 Å². The molecule has 1 radical (unpaired) electrons. The van der Waals surface area contributed by atoms with Crippen LogP contribution in [0.5, 0.6) is 11.5 Å². The van der Waals surface area contributed by atoms with Crippen LogP contribution in [0.3, 0.4) is 0 Å². The molecule has 0 aliphatic carbocycles. The van der Waals surface area contributed by atoms with Crippen LogP contribution >= 0.6 is 11.6 Å². The van der Waals surface area contributed by atoms with Crippen LogP contribution in [0.15, 0.2) is 90.5 Å². The van der Waals surface area contributed by atoms with Crippen LogP contribution < -0.4 is 10.6 Å². The molecule has 0 saturated heterocycles. The smallest absolute Gasteiger partial charge is 0.397 e. The predicted molar refractivity (Wildman–Crippen MR) is 195 cm³/mol. The van der Waals surface area contributed by atoms with Gasteiger partial charge in [0.25, 0.3) is 30.4 Å². The van der Waals surface area contributed by atoms with Crippen LogP contribution in [0.1, 0.15) is 0 Å². The number of sulfone groups is 1. The van der Waals surface area contributed by atoms with Gasteiger partial charge in [0.1, 0.15) is 26.9 Å². The molecule has 5 rings (SSSR count). The van der Waals surface area contributed by atoms with E-state index in [9.17, 15) is 66.0 Å². The number of aromatic hydroxyl groups is 2. The number of nitrogens with one attached hydrogen (secondary N) is 2. The zero-order valence-corrected chi connectivity index (χ0v) is 33.6. The molecule has 315 valence electrons. The molecule has 5 aromatic rings. The van der Waals surface area contributed by atoms with E-state index in [-0.39, 0.29) is 34.4 Å². The van der Waals surface area contributed by atoms with Gasteiger partial charge in [-0.05, 0) is 60.1 Å². The normalized spacial score (nSPS) is 12.7. The Morgan fingerprint density at radius 3 is 1.91 bits per heavy atom. The number of nitrogens with zero attached hydrogens (tertiary/aromatic N) is 5. The number of anilines is 4. The Balaban J connectivity index is 0.00000744. The van der Waals surface area contributed by atoms with Crippen molar-refractivity contribution in [1.29, 1.82) is 0 Å². The Bertz CT molecular complexity index is 3070. The first-order valence-electron chi connectivity index (χ1n) is 14.6. The Morgan fingerprint density at radius 1 is 0.690 bits per heavy atom. The van der Waals surface area contributed by atoms with Crippen molar-refractivity contribution >= 4 is 108 Å². The Labute approximate surface area is 342 Å². The first-order valence-corrected chi connectivity index (χ1v) is 22.3. The summed E-state index contributed by atoms with van der Waals surface area (Å²) in [5.74, 6) is -3.90. The summed E-state index contributed by atoms with van der Waals surface area (Å²) in [6.07, 6.45) is 0. The molecule has 0 fully saturated rings. The van der Waals surface area contributed by atoms with Crippen molar-refractivity contribution in [2.75, 3.05) is 23.0 Å². The van der Waals surface area contributed by atoms with Crippen molar-refractivity contribution in [2.45, 2.75) is 19.6 Å². The van der Waals surface area contributed by atoms with Gasteiger partial charge in [0.2, 0.25) is 17.2 Å². The Morgan fingerprint density at radius 2 is 1.33 bits per heavy atom. The van der Waals surface area contributed by atoms with Gasteiger partial charge in [-0.2, -0.15) is 48.6 Å². The quantitative estimate of drug-likeness (QED) is 0.0449. The molecule has 8 N–H and O–H groups in total. The maximum absolute atomic E-state index is 12.5. The van der Waals surface area contributed by atoms with E-state index < -0.39 is 127 Å². The molecule has 0 bridgehead atoms. The molecule has 31 heteroatoms. The number of azo groups is 1. The van der Waals surface area contributed by atoms with Gasteiger partial charge >= 0.3 is 10.4 Å². The number of hydrogen-bond donors (Lipinski definition) is 8. The first-order chi connectivity index (χ1) is 26.2. The van der Waals surface area contributed by atoms with Crippen molar-refractivity contribution in [3.05, 3.63) is 65.9 Å². The van der Waals surface area contributed by atoms with Gasteiger partial charge in [-0.15, -0.1) is 10.2 Å². The molecule has 0 aliphatic heterocycles. The van der Waals surface area contributed by atoms with Gasteiger partial charge in [0.05, 0.1) is 33.2 Å². The third kappa shape index (κ3) is 11.1. The van der Waals surface area contributed by atoms with Crippen molar-refractivity contribution < 1.29 is 91.8 Å². The summed E-state index contributed by atoms with van der Waals surface area (Å²) in [7, 11) is -24.5. The molecule has 0 aliphatic rings. The van der Waals surface area contributed by atoms with E-state index in [1.807, 2.05) is 0 Å². The first kappa shape index (κ1) is 46.0. The van der Waals surface area contributed by atoms with Crippen molar-refractivity contribution in [3.8, 4) is 11.5 Å². The summed E-state index contributed by atoms with van der Waals surface area (Å²) >= 11 is 6.05. The maximum Gasteiger partial charge on any atom is 0.397 e. The summed E-state index contributed by atoms with van der Waals surface area (Å²) < 4.78 is 161. The second-order valence-electron chi connectivity index (χ2n) is 11.0. The number of hydrogen-bond acceptors (Lipinski definition) is 20. The average Bonchev–Trinajstić information content (AvgIpc) is 3.06. The SMILES string of the molecule is O=S(=O)(O)OCCS(=O)(=O)c1ccc(N=Nc2c(S(=O)(=O)O)cc3c(S(=O)(=O)O)ccc(Nc4nc(Cl)nc(Nc5cccc(S(=O)(=O)O)c5)n4)c3c2O)c(O)c1.[Cu]. The molecular weight excluding hydrogens is 954 g/mol. The number of aromatic nitrogens is 3. The topological polar surface area (TPSA) is 389 Å². The summed E-state index contributed by atoms with van der Waals surface area (Å²) in [5.41, 5.74) is -1.96. The minimum absolute atomic E-state index is 0. The molecule has 0 atom stereocenters.